The van der Waals surface area contributed by atoms with Crippen molar-refractivity contribution in [2.45, 2.75) is 38.8 Å². The standard InChI is InChI=1S/C12H16N2/c1-7-3-9-5-10-4-8(2)14-12(10)6-11(9)13-7/h5-8,13-14H,3-4H2,1-2H3. The summed E-state index contributed by atoms with van der Waals surface area (Å²) >= 11 is 0. The van der Waals surface area contributed by atoms with Crippen LogP contribution in [0, 0.1) is 0 Å². The predicted octanol–water partition coefficient (Wildman–Crippen LogP) is 2.40. The monoisotopic (exact) mass is 188 g/mol. The fourth-order valence-corrected chi connectivity index (χ4v) is 2.59. The molecule has 0 amide bonds. The smallest absolute Gasteiger partial charge is 0.0396 e. The van der Waals surface area contributed by atoms with Crippen LogP contribution >= 0.6 is 0 Å². The first-order valence-corrected chi connectivity index (χ1v) is 5.41. The second-order valence-electron chi connectivity index (χ2n) is 4.67. The van der Waals surface area contributed by atoms with Crippen molar-refractivity contribution in [3.63, 3.8) is 0 Å². The Labute approximate surface area is 84.7 Å². The molecule has 0 aliphatic carbocycles. The fraction of sp³-hybridized carbons (Fsp3) is 0.500. The molecule has 0 aromatic heterocycles. The van der Waals surface area contributed by atoms with E-state index in [0.717, 1.165) is 0 Å². The van der Waals surface area contributed by atoms with Gasteiger partial charge in [-0.25, -0.2) is 0 Å². The molecule has 0 saturated carbocycles. The van der Waals surface area contributed by atoms with Gasteiger partial charge in [-0.05, 0) is 43.9 Å². The highest BCUT2D eigenvalue weighted by Crippen LogP contribution is 2.35. The molecule has 2 N–H and O–H groups in total. The van der Waals surface area contributed by atoms with Crippen LogP contribution in [0.1, 0.15) is 25.0 Å². The molecule has 0 radical (unpaired) electrons. The maximum Gasteiger partial charge on any atom is 0.0396 e. The molecule has 2 heterocycles. The summed E-state index contributed by atoms with van der Waals surface area (Å²) in [5.41, 5.74) is 5.65. The van der Waals surface area contributed by atoms with Gasteiger partial charge in [0.1, 0.15) is 0 Å². The number of hydrogen-bond donors (Lipinski definition) is 2. The molecule has 2 aliphatic heterocycles. The van der Waals surface area contributed by atoms with Gasteiger partial charge in [0, 0.05) is 23.5 Å². The molecule has 0 bridgehead atoms. The minimum absolute atomic E-state index is 0.602. The van der Waals surface area contributed by atoms with E-state index in [9.17, 15) is 0 Å². The van der Waals surface area contributed by atoms with Crippen molar-refractivity contribution in [3.05, 3.63) is 23.3 Å². The van der Waals surface area contributed by atoms with Gasteiger partial charge < -0.3 is 10.6 Å². The highest BCUT2D eigenvalue weighted by atomic mass is 15.0. The first-order chi connectivity index (χ1) is 6.72. The molecule has 3 rings (SSSR count). The Bertz CT molecular complexity index is 316. The van der Waals surface area contributed by atoms with Crippen LogP contribution in [0.15, 0.2) is 12.1 Å². The highest BCUT2D eigenvalue weighted by molar-refractivity contribution is 5.70. The van der Waals surface area contributed by atoms with E-state index < -0.39 is 0 Å². The Kier molecular flexibility index (Phi) is 1.55. The number of rotatable bonds is 0. The summed E-state index contributed by atoms with van der Waals surface area (Å²) in [6.45, 7) is 4.47. The van der Waals surface area contributed by atoms with Crippen LogP contribution in [0.2, 0.25) is 0 Å². The van der Waals surface area contributed by atoms with Crippen LogP contribution in [0.3, 0.4) is 0 Å². The topological polar surface area (TPSA) is 24.1 Å². The van der Waals surface area contributed by atoms with Crippen molar-refractivity contribution in [1.82, 2.24) is 0 Å². The first-order valence-electron chi connectivity index (χ1n) is 5.41. The van der Waals surface area contributed by atoms with Crippen LogP contribution in [-0.4, -0.2) is 12.1 Å². The van der Waals surface area contributed by atoms with Crippen LogP contribution in [-0.2, 0) is 12.8 Å². The molecule has 0 saturated heterocycles. The van der Waals surface area contributed by atoms with Gasteiger partial charge in [-0.1, -0.05) is 6.07 Å². The molecule has 14 heavy (non-hydrogen) atoms. The van der Waals surface area contributed by atoms with E-state index in [1.807, 2.05) is 0 Å². The van der Waals surface area contributed by atoms with Gasteiger partial charge in [0.15, 0.2) is 0 Å². The lowest BCUT2D eigenvalue weighted by molar-refractivity contribution is 0.828. The van der Waals surface area contributed by atoms with Gasteiger partial charge in [-0.15, -0.1) is 0 Å². The molecule has 2 unspecified atom stereocenters. The Balaban J connectivity index is 2.05. The lowest BCUT2D eigenvalue weighted by atomic mass is 10.0. The normalized spacial score (nSPS) is 27.9. The Morgan fingerprint density at radius 1 is 0.929 bits per heavy atom. The second kappa shape index (κ2) is 2.66. The highest BCUT2D eigenvalue weighted by Gasteiger charge is 2.23. The largest absolute Gasteiger partial charge is 0.382 e. The molecule has 1 aromatic carbocycles. The molecule has 1 aromatic rings. The maximum atomic E-state index is 3.50. The Morgan fingerprint density at radius 3 is 1.93 bits per heavy atom. The van der Waals surface area contributed by atoms with Crippen molar-refractivity contribution in [3.8, 4) is 0 Å². The van der Waals surface area contributed by atoms with Crippen LogP contribution < -0.4 is 10.6 Å². The van der Waals surface area contributed by atoms with Crippen molar-refractivity contribution in [2.75, 3.05) is 10.6 Å². The minimum Gasteiger partial charge on any atom is -0.382 e. The molecule has 2 aliphatic rings. The van der Waals surface area contributed by atoms with E-state index >= 15 is 0 Å². The SMILES string of the molecule is CC1Cc2cc3c(cc2N1)NC(C)C3. The van der Waals surface area contributed by atoms with E-state index in [0.29, 0.717) is 12.1 Å². The lowest BCUT2D eigenvalue weighted by Crippen LogP contribution is -2.09. The Morgan fingerprint density at radius 2 is 1.43 bits per heavy atom. The number of hydrogen-bond acceptors (Lipinski definition) is 2. The van der Waals surface area contributed by atoms with Gasteiger partial charge in [-0.2, -0.15) is 0 Å². The van der Waals surface area contributed by atoms with Crippen LogP contribution in [0.25, 0.3) is 0 Å². The zero-order valence-corrected chi connectivity index (χ0v) is 8.72. The quantitative estimate of drug-likeness (QED) is 0.653. The van der Waals surface area contributed by atoms with Crippen LogP contribution in [0.4, 0.5) is 11.4 Å². The summed E-state index contributed by atoms with van der Waals surface area (Å²) < 4.78 is 0. The summed E-state index contributed by atoms with van der Waals surface area (Å²) in [5.74, 6) is 0. The molecule has 74 valence electrons. The van der Waals surface area contributed by atoms with Crippen molar-refractivity contribution in [2.24, 2.45) is 0 Å². The van der Waals surface area contributed by atoms with E-state index in [4.69, 9.17) is 0 Å². The third-order valence-corrected chi connectivity index (χ3v) is 3.19. The van der Waals surface area contributed by atoms with E-state index in [2.05, 4.69) is 36.6 Å². The van der Waals surface area contributed by atoms with Gasteiger partial charge in [0.2, 0.25) is 0 Å². The van der Waals surface area contributed by atoms with Crippen molar-refractivity contribution >= 4 is 11.4 Å². The molecular weight excluding hydrogens is 172 g/mol. The lowest BCUT2D eigenvalue weighted by Gasteiger charge is -2.06. The first kappa shape index (κ1) is 8.16. The zero-order valence-electron chi connectivity index (χ0n) is 8.72. The predicted molar refractivity (Wildman–Crippen MR) is 60.0 cm³/mol. The molecular formula is C12H16N2. The second-order valence-corrected chi connectivity index (χ2v) is 4.67. The summed E-state index contributed by atoms with van der Waals surface area (Å²) in [6, 6.07) is 5.85. The minimum atomic E-state index is 0.602. The third-order valence-electron chi connectivity index (χ3n) is 3.19. The number of nitrogens with one attached hydrogen (secondary N) is 2. The molecule has 2 atom stereocenters. The van der Waals surface area contributed by atoms with E-state index in [1.165, 1.54) is 35.3 Å². The summed E-state index contributed by atoms with van der Waals surface area (Å²) in [7, 11) is 0. The maximum absolute atomic E-state index is 3.50. The summed E-state index contributed by atoms with van der Waals surface area (Å²) in [5, 5.41) is 7.00. The van der Waals surface area contributed by atoms with Gasteiger partial charge >= 0.3 is 0 Å². The van der Waals surface area contributed by atoms with Crippen molar-refractivity contribution in [1.29, 1.82) is 0 Å². The molecule has 0 spiro atoms. The molecule has 2 nitrogen and oxygen atoms in total. The Hall–Kier alpha value is -1.18. The van der Waals surface area contributed by atoms with Gasteiger partial charge in [-0.3, -0.25) is 0 Å². The van der Waals surface area contributed by atoms with E-state index in [1.54, 1.807) is 0 Å². The third kappa shape index (κ3) is 1.10. The molecule has 2 heteroatoms. The van der Waals surface area contributed by atoms with Gasteiger partial charge in [0.25, 0.3) is 0 Å². The fourth-order valence-electron chi connectivity index (χ4n) is 2.59. The van der Waals surface area contributed by atoms with E-state index in [-0.39, 0.29) is 0 Å². The summed E-state index contributed by atoms with van der Waals surface area (Å²) in [4.78, 5) is 0. The number of anilines is 2. The average Bonchev–Trinajstić information content (AvgIpc) is 2.59. The van der Waals surface area contributed by atoms with Crippen molar-refractivity contribution < 1.29 is 0 Å². The van der Waals surface area contributed by atoms with Gasteiger partial charge in [0.05, 0.1) is 0 Å². The summed E-state index contributed by atoms with van der Waals surface area (Å²) in [6.07, 6.45) is 2.36. The number of fused-ring (bicyclic) bond motifs is 2. The average molecular weight is 188 g/mol. The molecule has 0 fully saturated rings. The van der Waals surface area contributed by atoms with Crippen LogP contribution in [0.5, 0.6) is 0 Å². The zero-order chi connectivity index (χ0) is 9.71. The number of benzene rings is 1.